The number of benzene rings is 5. The summed E-state index contributed by atoms with van der Waals surface area (Å²) in [6.07, 6.45) is 4.08. The van der Waals surface area contributed by atoms with Crippen LogP contribution in [0.1, 0.15) is 67.0 Å². The summed E-state index contributed by atoms with van der Waals surface area (Å²) in [5.41, 5.74) is 5.29. The van der Waals surface area contributed by atoms with Gasteiger partial charge in [-0.2, -0.15) is 0 Å². The molecule has 9 rings (SSSR count). The van der Waals surface area contributed by atoms with Crippen molar-refractivity contribution in [3.8, 4) is 17.2 Å². The first-order valence-electron chi connectivity index (χ1n) is 24.9. The quantitative estimate of drug-likeness (QED) is 0.0510. The van der Waals surface area contributed by atoms with Crippen molar-refractivity contribution in [1.29, 1.82) is 0 Å². The maximum absolute atomic E-state index is 15.7. The Hall–Kier alpha value is -6.36. The summed E-state index contributed by atoms with van der Waals surface area (Å²) in [4.78, 5) is 33.6. The summed E-state index contributed by atoms with van der Waals surface area (Å²) in [5, 5.41) is 33.5. The Kier molecular flexibility index (Phi) is 14.8. The molecule has 0 radical (unpaired) electrons. The van der Waals surface area contributed by atoms with E-state index < -0.39 is 19.7 Å². The Morgan fingerprint density at radius 3 is 2.30 bits per heavy atom. The number of hydrogen-bond donors (Lipinski definition) is 3. The van der Waals surface area contributed by atoms with Crippen molar-refractivity contribution in [1.82, 2.24) is 20.3 Å². The van der Waals surface area contributed by atoms with E-state index in [9.17, 15) is 15.0 Å². The maximum atomic E-state index is 15.7. The van der Waals surface area contributed by atoms with Crippen molar-refractivity contribution in [3.63, 3.8) is 0 Å². The minimum Gasteiger partial charge on any atom is -0.497 e. The van der Waals surface area contributed by atoms with Crippen molar-refractivity contribution >= 4 is 42.1 Å². The predicted molar refractivity (Wildman–Crippen MR) is 277 cm³/mol. The molecule has 15 heteroatoms. The largest absolute Gasteiger partial charge is 0.497 e. The van der Waals surface area contributed by atoms with Gasteiger partial charge in [0.25, 0.3) is 5.91 Å². The number of aliphatic hydroxyl groups excluding tert-OH is 2. The predicted octanol–water partition coefficient (Wildman–Crippen LogP) is 7.62. The molecule has 1 fully saturated rings. The Balaban J connectivity index is 1.03. The highest BCUT2D eigenvalue weighted by molar-refractivity contribution is 6.91. The fourth-order valence-corrected chi connectivity index (χ4v) is 15.5. The van der Waals surface area contributed by atoms with Crippen LogP contribution in [0.5, 0.6) is 17.2 Å². The Labute approximate surface area is 417 Å². The summed E-state index contributed by atoms with van der Waals surface area (Å²) in [5.74, 6) is 1.44. The lowest BCUT2D eigenvalue weighted by Crippen LogP contribution is -2.51. The van der Waals surface area contributed by atoms with Gasteiger partial charge in [-0.15, -0.1) is 5.10 Å². The number of ether oxygens (including phenoxy) is 4. The van der Waals surface area contributed by atoms with Gasteiger partial charge in [0.2, 0.25) is 5.91 Å². The number of fused-ring (bicyclic) bond motifs is 3. The summed E-state index contributed by atoms with van der Waals surface area (Å²) in [6, 6.07) is 37.3. The van der Waals surface area contributed by atoms with Gasteiger partial charge in [-0.25, -0.2) is 0 Å². The molecule has 3 aliphatic rings. The number of aromatic nitrogens is 3. The second kappa shape index (κ2) is 21.2. The third-order valence-electron chi connectivity index (χ3n) is 15.0. The Bertz CT molecular complexity index is 2810. The van der Waals surface area contributed by atoms with Crippen LogP contribution in [0, 0.1) is 5.92 Å². The van der Waals surface area contributed by atoms with Gasteiger partial charge < -0.3 is 39.4 Å². The molecule has 71 heavy (non-hydrogen) atoms. The highest BCUT2D eigenvalue weighted by atomic mass is 28.3. The molecule has 2 amide bonds. The first kappa shape index (κ1) is 49.6. The van der Waals surface area contributed by atoms with Gasteiger partial charge >= 0.3 is 0 Å². The van der Waals surface area contributed by atoms with Crippen molar-refractivity contribution in [3.05, 3.63) is 149 Å². The average Bonchev–Trinajstić information content (AvgIpc) is 4.05. The second-order valence-electron chi connectivity index (χ2n) is 19.5. The molecule has 14 nitrogen and oxygen atoms in total. The topological polar surface area (TPSA) is 161 Å². The van der Waals surface area contributed by atoms with E-state index in [0.29, 0.717) is 50.4 Å². The summed E-state index contributed by atoms with van der Waals surface area (Å²) < 4.78 is 26.5. The zero-order valence-electron chi connectivity index (χ0n) is 41.6. The number of amides is 2. The minimum atomic E-state index is -2.46. The second-order valence-corrected chi connectivity index (χ2v) is 24.2. The fourth-order valence-electron chi connectivity index (χ4n) is 11.4. The lowest BCUT2D eigenvalue weighted by atomic mass is 9.82. The van der Waals surface area contributed by atoms with E-state index in [-0.39, 0.29) is 55.1 Å². The summed E-state index contributed by atoms with van der Waals surface area (Å²) >= 11 is 0. The molecule has 3 N–H and O–H groups in total. The molecular weight excluding hydrogens is 913 g/mol. The molecule has 2 unspecified atom stereocenters. The molecule has 1 spiro atoms. The number of nitrogens with zero attached hydrogens (tertiary/aromatic N) is 5. The van der Waals surface area contributed by atoms with Crippen LogP contribution in [-0.4, -0.2) is 97.8 Å². The van der Waals surface area contributed by atoms with Gasteiger partial charge in [0.05, 0.1) is 77.2 Å². The molecule has 1 aromatic heterocycles. The summed E-state index contributed by atoms with van der Waals surface area (Å²) in [6.45, 7) is 10.8. The first-order valence-corrected chi connectivity index (χ1v) is 27.9. The van der Waals surface area contributed by atoms with Gasteiger partial charge in [0.15, 0.2) is 5.60 Å². The van der Waals surface area contributed by atoms with E-state index in [1.807, 2.05) is 126 Å². The fraction of sp³-hybridized carbons (Fsp3) is 0.393. The van der Waals surface area contributed by atoms with Crippen LogP contribution in [-0.2, 0) is 39.4 Å². The smallest absolute Gasteiger partial charge is 0.264 e. The molecule has 6 atom stereocenters. The third-order valence-corrected chi connectivity index (χ3v) is 19.4. The maximum Gasteiger partial charge on any atom is 0.264 e. The minimum absolute atomic E-state index is 0.0156. The van der Waals surface area contributed by atoms with Gasteiger partial charge in [0, 0.05) is 36.5 Å². The number of rotatable bonds is 20. The lowest BCUT2D eigenvalue weighted by molar-refractivity contribution is -0.146. The molecule has 0 saturated carbocycles. The van der Waals surface area contributed by atoms with Gasteiger partial charge in [0.1, 0.15) is 17.2 Å². The molecule has 372 valence electrons. The number of nitrogens with one attached hydrogen (secondary N) is 1. The Morgan fingerprint density at radius 1 is 0.873 bits per heavy atom. The normalized spacial score (nSPS) is 21.1. The number of hydrogen-bond acceptors (Lipinski definition) is 11. The van der Waals surface area contributed by atoms with E-state index >= 15 is 4.79 Å². The van der Waals surface area contributed by atoms with E-state index in [1.165, 1.54) is 5.19 Å². The van der Waals surface area contributed by atoms with E-state index in [0.717, 1.165) is 57.2 Å². The molecule has 6 aromatic rings. The monoisotopic (exact) mass is 978 g/mol. The van der Waals surface area contributed by atoms with Crippen LogP contribution in [0.4, 0.5) is 17.1 Å². The van der Waals surface area contributed by atoms with Crippen molar-refractivity contribution < 1.29 is 38.7 Å². The number of carbonyl (C=O) groups excluding carboxylic acids is 2. The number of methoxy groups -OCH3 is 2. The van der Waals surface area contributed by atoms with Crippen LogP contribution in [0.3, 0.4) is 0 Å². The SMILES string of the molecule is CCOc1ccc2c(c1)CC(NCCCCO)C(=O)N2c1ccc(CN2C(=O)[C@@]3(O[C@@H](CCn4cc(C(CO)c5ccccc5)nn4)[C@H]([Si](C)(C)c4ccc(OC)cc4)[C@H]3C)c3cc(OC)ccc32)cc1. The molecule has 0 aliphatic carbocycles. The zero-order valence-corrected chi connectivity index (χ0v) is 42.6. The van der Waals surface area contributed by atoms with E-state index in [2.05, 4.69) is 47.8 Å². The summed E-state index contributed by atoms with van der Waals surface area (Å²) in [7, 11) is 0.845. The highest BCUT2D eigenvalue weighted by Crippen LogP contribution is 2.60. The van der Waals surface area contributed by atoms with Crippen molar-refractivity contribution in [2.75, 3.05) is 50.4 Å². The van der Waals surface area contributed by atoms with Crippen LogP contribution >= 0.6 is 0 Å². The number of carbonyl (C=O) groups is 2. The molecule has 3 aliphatic heterocycles. The number of unbranched alkanes of at least 4 members (excludes halogenated alkanes) is 1. The highest BCUT2D eigenvalue weighted by Gasteiger charge is 2.66. The average molecular weight is 979 g/mol. The van der Waals surface area contributed by atoms with Gasteiger partial charge in [-0.05, 0) is 122 Å². The first-order chi connectivity index (χ1) is 34.4. The van der Waals surface area contributed by atoms with Crippen LogP contribution < -0.4 is 34.5 Å². The van der Waals surface area contributed by atoms with Gasteiger partial charge in [-0.3, -0.25) is 19.2 Å². The number of anilines is 3. The van der Waals surface area contributed by atoms with E-state index in [1.54, 1.807) is 19.1 Å². The van der Waals surface area contributed by atoms with Gasteiger partial charge in [-0.1, -0.05) is 85.0 Å². The van der Waals surface area contributed by atoms with Crippen LogP contribution in [0.25, 0.3) is 0 Å². The van der Waals surface area contributed by atoms with E-state index in [4.69, 9.17) is 18.9 Å². The standard InChI is InChI=1S/C56H66N6O8Si/c1-7-69-44-22-25-50-40(31-44)32-48(57-28-11-12-30-63)54(65)62(50)41-17-15-38(16-18-41)34-61-51-26-21-43(68-4)33-47(51)56(55(61)66)37(2)53(71(5,6)45-23-19-42(67-3)20-24-45)52(70-56)27-29-60-35-49(58-59-60)46(36-64)39-13-9-8-10-14-39/h8-10,13-26,31,33,35,37,46,48,52-53,57,63-64H,7,11-12,27-30,32,34,36H2,1-6H3/t37-,46?,48?,52+,53-,56+/m1/s1. The lowest BCUT2D eigenvalue weighted by Gasteiger charge is -2.37. The number of aliphatic hydroxyl groups is 2. The molecule has 0 bridgehead atoms. The van der Waals surface area contributed by atoms with Crippen LogP contribution in [0.15, 0.2) is 121 Å². The molecular formula is C56H66N6O8Si. The third kappa shape index (κ3) is 9.49. The van der Waals surface area contributed by atoms with Crippen molar-refractivity contribution in [2.24, 2.45) is 5.92 Å². The van der Waals surface area contributed by atoms with Crippen LogP contribution in [0.2, 0.25) is 18.6 Å². The molecule has 5 aromatic carbocycles. The molecule has 1 saturated heterocycles. The molecule has 4 heterocycles. The Morgan fingerprint density at radius 2 is 1.59 bits per heavy atom. The van der Waals surface area contributed by atoms with Crippen molar-refractivity contribution in [2.45, 2.75) is 94.9 Å². The zero-order chi connectivity index (χ0) is 49.9. The number of aryl methyl sites for hydroxylation is 1.